The van der Waals surface area contributed by atoms with Gasteiger partial charge in [0.05, 0.1) is 0 Å². The number of anilines is 1. The lowest BCUT2D eigenvalue weighted by Crippen LogP contribution is -2.23. The van der Waals surface area contributed by atoms with E-state index in [1.165, 1.54) is 10.3 Å². The second kappa shape index (κ2) is 9.72. The van der Waals surface area contributed by atoms with Crippen molar-refractivity contribution in [2.45, 2.75) is 24.8 Å². The van der Waals surface area contributed by atoms with E-state index in [1.54, 1.807) is 30.2 Å². The highest BCUT2D eigenvalue weighted by atomic mass is 32.2. The molecule has 0 saturated heterocycles. The Morgan fingerprint density at radius 1 is 0.914 bits per heavy atom. The molecule has 0 radical (unpaired) electrons. The molecule has 2 aromatic carbocycles. The van der Waals surface area contributed by atoms with Crippen LogP contribution in [-0.2, 0) is 13.0 Å². The van der Waals surface area contributed by atoms with Crippen LogP contribution in [0.2, 0.25) is 0 Å². The minimum Gasteiger partial charge on any atom is -0.383 e. The Labute approximate surface area is 208 Å². The van der Waals surface area contributed by atoms with Crippen molar-refractivity contribution in [1.82, 2.24) is 20.3 Å². The fraction of sp³-hybridized carbons (Fsp3) is 0.143. The summed E-state index contributed by atoms with van der Waals surface area (Å²) in [6, 6.07) is 17.9. The molecule has 0 bridgehead atoms. The Kier molecular flexibility index (Phi) is 6.33. The molecule has 0 spiro atoms. The quantitative estimate of drug-likeness (QED) is 0.321. The Balaban J connectivity index is 1.32. The first-order valence-corrected chi connectivity index (χ1v) is 12.5. The van der Waals surface area contributed by atoms with Gasteiger partial charge in [0.15, 0.2) is 0 Å². The lowest BCUT2D eigenvalue weighted by Gasteiger charge is -2.10. The number of rotatable bonds is 6. The maximum atomic E-state index is 12.9. The van der Waals surface area contributed by atoms with Gasteiger partial charge < -0.3 is 11.1 Å². The average Bonchev–Trinajstić information content (AvgIpc) is 2.86. The number of amides is 1. The molecule has 5 rings (SSSR count). The van der Waals surface area contributed by atoms with Gasteiger partial charge in [-0.1, -0.05) is 18.2 Å². The minimum absolute atomic E-state index is 0.131. The summed E-state index contributed by atoms with van der Waals surface area (Å²) in [5, 5.41) is 7.24. The maximum Gasteiger partial charge on any atom is 0.251 e. The Morgan fingerprint density at radius 3 is 2.60 bits per heavy atom. The summed E-state index contributed by atoms with van der Waals surface area (Å²) in [4.78, 5) is 27.1. The average molecular weight is 480 g/mol. The van der Waals surface area contributed by atoms with Crippen LogP contribution in [0.15, 0.2) is 78.1 Å². The molecule has 0 saturated carbocycles. The van der Waals surface area contributed by atoms with Crippen molar-refractivity contribution < 1.29 is 4.79 Å². The summed E-state index contributed by atoms with van der Waals surface area (Å²) in [5.41, 5.74) is 10.5. The van der Waals surface area contributed by atoms with Crippen LogP contribution in [-0.4, -0.2) is 27.1 Å². The summed E-state index contributed by atoms with van der Waals surface area (Å²) < 4.78 is 0. The molecular weight excluding hydrogens is 454 g/mol. The van der Waals surface area contributed by atoms with Crippen LogP contribution in [0, 0.1) is 6.92 Å². The largest absolute Gasteiger partial charge is 0.383 e. The van der Waals surface area contributed by atoms with E-state index in [0.29, 0.717) is 24.3 Å². The molecule has 0 unspecified atom stereocenters. The van der Waals surface area contributed by atoms with Crippen LogP contribution >= 0.6 is 11.8 Å². The predicted molar refractivity (Wildman–Crippen MR) is 143 cm³/mol. The van der Waals surface area contributed by atoms with Crippen LogP contribution in [0.1, 0.15) is 32.9 Å². The molecule has 174 valence electrons. The topological polar surface area (TPSA) is 93.8 Å². The number of nitrogens with one attached hydrogen (secondary N) is 1. The van der Waals surface area contributed by atoms with Gasteiger partial charge in [0.25, 0.3) is 5.91 Å². The van der Waals surface area contributed by atoms with Crippen molar-refractivity contribution in [3.63, 3.8) is 0 Å². The van der Waals surface area contributed by atoms with Crippen LogP contribution in [0.4, 0.5) is 5.82 Å². The molecule has 35 heavy (non-hydrogen) atoms. The third-order valence-corrected chi connectivity index (χ3v) is 6.77. The number of aryl methyl sites for hydroxylation is 1. The number of aromatic nitrogens is 3. The number of benzene rings is 2. The molecule has 0 fully saturated rings. The number of carbonyl (C=O) groups is 1. The van der Waals surface area contributed by atoms with E-state index in [-0.39, 0.29) is 5.91 Å². The third kappa shape index (κ3) is 4.95. The fourth-order valence-corrected chi connectivity index (χ4v) is 4.89. The van der Waals surface area contributed by atoms with Gasteiger partial charge in [0, 0.05) is 64.2 Å². The molecule has 5 aromatic rings. The van der Waals surface area contributed by atoms with Crippen LogP contribution in [0.3, 0.4) is 0 Å². The van der Waals surface area contributed by atoms with Gasteiger partial charge in [0.2, 0.25) is 0 Å². The second-order valence-electron chi connectivity index (χ2n) is 8.49. The van der Waals surface area contributed by atoms with Gasteiger partial charge in [-0.05, 0) is 71.5 Å². The van der Waals surface area contributed by atoms with E-state index >= 15 is 0 Å². The molecule has 6 nitrogen and oxygen atoms in total. The van der Waals surface area contributed by atoms with Crippen LogP contribution in [0.25, 0.3) is 21.5 Å². The molecular formula is C28H25N5OS. The van der Waals surface area contributed by atoms with Gasteiger partial charge in [-0.25, -0.2) is 4.98 Å². The number of nitrogens with two attached hydrogens (primary N) is 1. The Hall–Kier alpha value is -3.97. The molecule has 7 heteroatoms. The standard InChI is InChI=1S/C28H25N5OS/c1-17-9-22-11-19(13-26(35-2)25(22)16-32-17)12-23-14-21(6-7-30-23)28(34)33-15-18-3-4-24-20(10-18)5-8-31-27(24)29/h3-11,13-14,16H,12,15H2,1-2H3,(H2,29,31)(H,33,34). The zero-order chi connectivity index (χ0) is 24.4. The van der Waals surface area contributed by atoms with Crippen molar-refractivity contribution in [2.75, 3.05) is 12.0 Å². The monoisotopic (exact) mass is 479 g/mol. The molecule has 3 heterocycles. The molecule has 1 amide bonds. The third-order valence-electron chi connectivity index (χ3n) is 5.99. The minimum atomic E-state index is -0.131. The van der Waals surface area contributed by atoms with E-state index in [2.05, 4.69) is 44.7 Å². The van der Waals surface area contributed by atoms with Gasteiger partial charge in [-0.2, -0.15) is 0 Å². The van der Waals surface area contributed by atoms with Crippen LogP contribution in [0.5, 0.6) is 0 Å². The number of thioether (sulfide) groups is 1. The maximum absolute atomic E-state index is 12.9. The Bertz CT molecular complexity index is 1570. The molecule has 0 aliphatic rings. The van der Waals surface area contributed by atoms with E-state index in [1.807, 2.05) is 43.5 Å². The highest BCUT2D eigenvalue weighted by molar-refractivity contribution is 7.98. The van der Waals surface area contributed by atoms with Crippen molar-refractivity contribution in [3.8, 4) is 0 Å². The van der Waals surface area contributed by atoms with E-state index in [0.717, 1.165) is 38.7 Å². The molecule has 0 aliphatic carbocycles. The number of nitrogens with zero attached hydrogens (tertiary/aromatic N) is 3. The van der Waals surface area contributed by atoms with Gasteiger partial charge >= 0.3 is 0 Å². The van der Waals surface area contributed by atoms with E-state index in [4.69, 9.17) is 5.73 Å². The number of hydrogen-bond acceptors (Lipinski definition) is 6. The van der Waals surface area contributed by atoms with Crippen molar-refractivity contribution >= 4 is 45.0 Å². The first-order valence-electron chi connectivity index (χ1n) is 11.3. The zero-order valence-corrected chi connectivity index (χ0v) is 20.4. The number of fused-ring (bicyclic) bond motifs is 2. The summed E-state index contributed by atoms with van der Waals surface area (Å²) in [6.07, 6.45) is 8.04. The second-order valence-corrected chi connectivity index (χ2v) is 9.34. The lowest BCUT2D eigenvalue weighted by molar-refractivity contribution is 0.0950. The summed E-state index contributed by atoms with van der Waals surface area (Å²) in [7, 11) is 0. The number of carbonyl (C=O) groups excluding carboxylic acids is 1. The SMILES string of the molecule is CSc1cc(Cc2cc(C(=O)NCc3ccc4c(N)nccc4c3)ccn2)cc2cc(C)ncc12. The van der Waals surface area contributed by atoms with Gasteiger partial charge in [-0.15, -0.1) is 11.8 Å². The first-order chi connectivity index (χ1) is 17.0. The number of nitrogen functional groups attached to an aromatic ring is 1. The Morgan fingerprint density at radius 2 is 1.74 bits per heavy atom. The van der Waals surface area contributed by atoms with Gasteiger partial charge in [0.1, 0.15) is 5.82 Å². The number of pyridine rings is 3. The highest BCUT2D eigenvalue weighted by Crippen LogP contribution is 2.29. The lowest BCUT2D eigenvalue weighted by atomic mass is 10.0. The van der Waals surface area contributed by atoms with Gasteiger partial charge in [-0.3, -0.25) is 14.8 Å². The van der Waals surface area contributed by atoms with Crippen molar-refractivity contribution in [1.29, 1.82) is 0 Å². The fourth-order valence-electron chi connectivity index (χ4n) is 4.24. The molecule has 0 aliphatic heterocycles. The van der Waals surface area contributed by atoms with Crippen molar-refractivity contribution in [3.05, 3.63) is 101 Å². The van der Waals surface area contributed by atoms with Crippen LogP contribution < -0.4 is 11.1 Å². The summed E-state index contributed by atoms with van der Waals surface area (Å²) in [5.74, 6) is 0.373. The smallest absolute Gasteiger partial charge is 0.251 e. The molecule has 3 N–H and O–H groups in total. The first kappa shape index (κ1) is 22.8. The summed E-state index contributed by atoms with van der Waals surface area (Å²) in [6.45, 7) is 2.42. The predicted octanol–water partition coefficient (Wildman–Crippen LogP) is 5.31. The highest BCUT2D eigenvalue weighted by Gasteiger charge is 2.10. The normalized spacial score (nSPS) is 11.1. The number of hydrogen-bond donors (Lipinski definition) is 2. The van der Waals surface area contributed by atoms with E-state index < -0.39 is 0 Å². The zero-order valence-electron chi connectivity index (χ0n) is 19.6. The molecule has 0 atom stereocenters. The molecule has 3 aromatic heterocycles. The van der Waals surface area contributed by atoms with E-state index in [9.17, 15) is 4.79 Å². The summed E-state index contributed by atoms with van der Waals surface area (Å²) >= 11 is 1.71. The van der Waals surface area contributed by atoms with Crippen molar-refractivity contribution in [2.24, 2.45) is 0 Å².